The van der Waals surface area contributed by atoms with Gasteiger partial charge in [-0.05, 0) is 24.6 Å². The highest BCUT2D eigenvalue weighted by molar-refractivity contribution is 5.96. The van der Waals surface area contributed by atoms with Crippen LogP contribution in [0, 0.1) is 12.8 Å². The first-order valence-electron chi connectivity index (χ1n) is 7.83. The van der Waals surface area contributed by atoms with Crippen LogP contribution in [-0.2, 0) is 4.79 Å². The Morgan fingerprint density at radius 2 is 1.91 bits per heavy atom. The lowest BCUT2D eigenvalue weighted by molar-refractivity contribution is -0.119. The van der Waals surface area contributed by atoms with Crippen LogP contribution in [0.1, 0.15) is 17.2 Å². The number of aryl methyl sites for hydroxylation is 1. The van der Waals surface area contributed by atoms with Gasteiger partial charge < -0.3 is 10.1 Å². The van der Waals surface area contributed by atoms with Crippen LogP contribution in [0.2, 0.25) is 0 Å². The summed E-state index contributed by atoms with van der Waals surface area (Å²) in [5, 5.41) is 3.01. The zero-order valence-electron chi connectivity index (χ0n) is 12.9. The van der Waals surface area contributed by atoms with Crippen LogP contribution < -0.4 is 20.9 Å². The second-order valence-corrected chi connectivity index (χ2v) is 6.06. The summed E-state index contributed by atoms with van der Waals surface area (Å²) in [7, 11) is 0. The number of rotatable bonds is 2. The second-order valence-electron chi connectivity index (χ2n) is 6.06. The van der Waals surface area contributed by atoms with Gasteiger partial charge in [0, 0.05) is 17.2 Å². The number of fused-ring (bicyclic) bond motifs is 3. The molecular formula is C18H19N3O2. The van der Waals surface area contributed by atoms with Crippen molar-refractivity contribution < 1.29 is 9.53 Å². The molecule has 0 aromatic heterocycles. The molecule has 118 valence electrons. The van der Waals surface area contributed by atoms with Gasteiger partial charge in [-0.15, -0.1) is 0 Å². The molecule has 1 saturated heterocycles. The summed E-state index contributed by atoms with van der Waals surface area (Å²) in [5.41, 5.74) is 9.39. The third-order valence-electron chi connectivity index (χ3n) is 4.62. The molecule has 3 N–H and O–H groups in total. The van der Waals surface area contributed by atoms with E-state index in [9.17, 15) is 4.79 Å². The highest BCUT2D eigenvalue weighted by Gasteiger charge is 2.44. The molecule has 2 aromatic rings. The lowest BCUT2D eigenvalue weighted by Crippen LogP contribution is -2.43. The van der Waals surface area contributed by atoms with Crippen LogP contribution in [0.3, 0.4) is 0 Å². The summed E-state index contributed by atoms with van der Waals surface area (Å²) >= 11 is 0. The lowest BCUT2D eigenvalue weighted by atomic mass is 9.87. The Kier molecular flexibility index (Phi) is 3.52. The molecule has 5 nitrogen and oxygen atoms in total. The number of carbonyl (C=O) groups is 1. The van der Waals surface area contributed by atoms with Gasteiger partial charge in [-0.1, -0.05) is 36.4 Å². The number of ether oxygens (including phenoxy) is 1. The molecular weight excluding hydrogens is 290 g/mol. The summed E-state index contributed by atoms with van der Waals surface area (Å²) in [4.78, 5) is 12.7. The molecule has 1 fully saturated rings. The summed E-state index contributed by atoms with van der Waals surface area (Å²) in [6.07, 6.45) is 0. The average Bonchev–Trinajstić information content (AvgIpc) is 3.01. The quantitative estimate of drug-likeness (QED) is 0.795. The highest BCUT2D eigenvalue weighted by Crippen LogP contribution is 2.39. The maximum absolute atomic E-state index is 12.7. The summed E-state index contributed by atoms with van der Waals surface area (Å²) in [6.45, 7) is 2.51. The number of benzene rings is 2. The monoisotopic (exact) mass is 309 g/mol. The van der Waals surface area contributed by atoms with Crippen LogP contribution in [0.25, 0.3) is 0 Å². The van der Waals surface area contributed by atoms with Crippen LogP contribution >= 0.6 is 0 Å². The molecule has 0 saturated carbocycles. The number of hydrogen-bond donors (Lipinski definition) is 3. The molecule has 0 spiro atoms. The van der Waals surface area contributed by atoms with Crippen molar-refractivity contribution in [1.82, 2.24) is 10.9 Å². The molecule has 2 aliphatic heterocycles. The molecule has 2 heterocycles. The van der Waals surface area contributed by atoms with Gasteiger partial charge in [0.2, 0.25) is 5.91 Å². The minimum atomic E-state index is -0.326. The Hall–Kier alpha value is -2.37. The molecule has 2 aromatic carbocycles. The molecule has 1 amide bonds. The van der Waals surface area contributed by atoms with Crippen LogP contribution in [-0.4, -0.2) is 18.6 Å². The molecule has 4 rings (SSSR count). The lowest BCUT2D eigenvalue weighted by Gasteiger charge is -2.29. The fraction of sp³-hybridized carbons (Fsp3) is 0.278. The van der Waals surface area contributed by atoms with E-state index in [1.165, 1.54) is 0 Å². The summed E-state index contributed by atoms with van der Waals surface area (Å²) in [6, 6.07) is 15.5. The SMILES string of the molecule is Cc1ccccc1NC(=O)C1NNC2c3ccccc3OCC12. The second kappa shape index (κ2) is 5.68. The van der Waals surface area contributed by atoms with Gasteiger partial charge in [-0.3, -0.25) is 4.79 Å². The fourth-order valence-corrected chi connectivity index (χ4v) is 3.33. The van der Waals surface area contributed by atoms with Gasteiger partial charge in [0.05, 0.1) is 12.6 Å². The van der Waals surface area contributed by atoms with E-state index in [2.05, 4.69) is 16.2 Å². The van der Waals surface area contributed by atoms with Crippen molar-refractivity contribution in [3.05, 3.63) is 59.7 Å². The van der Waals surface area contributed by atoms with Crippen LogP contribution in [0.15, 0.2) is 48.5 Å². The van der Waals surface area contributed by atoms with Crippen molar-refractivity contribution in [3.63, 3.8) is 0 Å². The number of amides is 1. The van der Waals surface area contributed by atoms with Crippen molar-refractivity contribution in [3.8, 4) is 5.75 Å². The number of anilines is 1. The van der Waals surface area contributed by atoms with Crippen molar-refractivity contribution >= 4 is 11.6 Å². The van der Waals surface area contributed by atoms with Crippen molar-refractivity contribution in [2.45, 2.75) is 19.0 Å². The van der Waals surface area contributed by atoms with Crippen LogP contribution in [0.5, 0.6) is 5.75 Å². The van der Waals surface area contributed by atoms with E-state index in [1.54, 1.807) is 0 Å². The van der Waals surface area contributed by atoms with Crippen molar-refractivity contribution in [1.29, 1.82) is 0 Å². The maximum Gasteiger partial charge on any atom is 0.243 e. The number of hydrogen-bond acceptors (Lipinski definition) is 4. The summed E-state index contributed by atoms with van der Waals surface area (Å²) < 4.78 is 5.83. The first-order valence-corrected chi connectivity index (χ1v) is 7.83. The first kappa shape index (κ1) is 14.2. The molecule has 23 heavy (non-hydrogen) atoms. The number of nitrogens with one attached hydrogen (secondary N) is 3. The van der Waals surface area contributed by atoms with Gasteiger partial charge in [0.1, 0.15) is 11.8 Å². The smallest absolute Gasteiger partial charge is 0.243 e. The number of hydrazine groups is 1. The normalized spacial score (nSPS) is 25.2. The molecule has 0 aliphatic carbocycles. The van der Waals surface area contributed by atoms with Gasteiger partial charge in [0.25, 0.3) is 0 Å². The standard InChI is InChI=1S/C18H19N3O2/c1-11-6-2-4-8-14(11)19-18(22)17-13-10-23-15-9-5-3-7-12(15)16(13)20-21-17/h2-9,13,16-17,20-21H,10H2,1H3,(H,19,22). The van der Waals surface area contributed by atoms with E-state index >= 15 is 0 Å². The highest BCUT2D eigenvalue weighted by atomic mass is 16.5. The molecule has 3 atom stereocenters. The zero-order chi connectivity index (χ0) is 15.8. The van der Waals surface area contributed by atoms with Gasteiger partial charge >= 0.3 is 0 Å². The van der Waals surface area contributed by atoms with E-state index < -0.39 is 0 Å². The van der Waals surface area contributed by atoms with Gasteiger partial charge in [-0.25, -0.2) is 10.9 Å². The van der Waals surface area contributed by atoms with Crippen LogP contribution in [0.4, 0.5) is 5.69 Å². The molecule has 2 aliphatic rings. The first-order chi connectivity index (χ1) is 11.2. The fourth-order valence-electron chi connectivity index (χ4n) is 3.33. The van der Waals surface area contributed by atoms with Gasteiger partial charge in [0.15, 0.2) is 0 Å². The largest absolute Gasteiger partial charge is 0.493 e. The predicted molar refractivity (Wildman–Crippen MR) is 88.0 cm³/mol. The minimum absolute atomic E-state index is 0.0396. The number of carbonyl (C=O) groups excluding carboxylic acids is 1. The Bertz CT molecular complexity index is 747. The van der Waals surface area contributed by atoms with E-state index in [4.69, 9.17) is 4.74 Å². The topological polar surface area (TPSA) is 62.4 Å². The van der Waals surface area contributed by atoms with E-state index in [0.717, 1.165) is 22.6 Å². The maximum atomic E-state index is 12.7. The predicted octanol–water partition coefficient (Wildman–Crippen LogP) is 2.16. The number of para-hydroxylation sites is 2. The third-order valence-corrected chi connectivity index (χ3v) is 4.62. The van der Waals surface area contributed by atoms with E-state index in [0.29, 0.717) is 6.61 Å². The van der Waals surface area contributed by atoms with Crippen molar-refractivity contribution in [2.24, 2.45) is 5.92 Å². The Morgan fingerprint density at radius 1 is 1.13 bits per heavy atom. The molecule has 0 radical (unpaired) electrons. The molecule has 3 unspecified atom stereocenters. The van der Waals surface area contributed by atoms with Crippen molar-refractivity contribution in [2.75, 3.05) is 11.9 Å². The van der Waals surface area contributed by atoms with E-state index in [-0.39, 0.29) is 23.9 Å². The minimum Gasteiger partial charge on any atom is -0.493 e. The Labute approximate surface area is 135 Å². The molecule has 0 bridgehead atoms. The Balaban J connectivity index is 1.54. The van der Waals surface area contributed by atoms with Gasteiger partial charge in [-0.2, -0.15) is 0 Å². The zero-order valence-corrected chi connectivity index (χ0v) is 12.9. The Morgan fingerprint density at radius 3 is 2.78 bits per heavy atom. The van der Waals surface area contributed by atoms with E-state index in [1.807, 2.05) is 55.5 Å². The summed E-state index contributed by atoms with van der Waals surface area (Å²) in [5.74, 6) is 0.916. The average molecular weight is 309 g/mol. The third kappa shape index (κ3) is 2.48. The molecule has 5 heteroatoms.